The standard InChI is InChI=1S/C50H66O12/c1-3-45(51)57-35-19-15-11-7-5-9-13-17-33-55-41-27-21-39(22-28-41)25-31-47(53)61-43-37-59-50-44(38-60-49(43)50)62-48(54)32-26-40-23-29-42(30-24-40)56-34-18-14-10-6-8-12-16-20-36-58-46(52)4-2/h3-4,21-32,43-44,49-50H,1-2,5-20,33-38H2. The lowest BCUT2D eigenvalue weighted by molar-refractivity contribution is -0.149. The number of unbranched alkanes of at least 4 members (excludes halogenated alkanes) is 14. The summed E-state index contributed by atoms with van der Waals surface area (Å²) in [5.41, 5.74) is 1.67. The van der Waals surface area contributed by atoms with E-state index >= 15 is 0 Å². The molecular weight excluding hydrogens is 793 g/mol. The van der Waals surface area contributed by atoms with Crippen LogP contribution in [0.5, 0.6) is 11.5 Å². The number of hydrogen-bond acceptors (Lipinski definition) is 12. The first kappa shape index (κ1) is 49.5. The third-order valence-corrected chi connectivity index (χ3v) is 10.5. The number of carbonyl (C=O) groups excluding carboxylic acids is 4. The highest BCUT2D eigenvalue weighted by atomic mass is 16.7. The van der Waals surface area contributed by atoms with E-state index in [1.165, 1.54) is 62.8 Å². The molecule has 0 aliphatic carbocycles. The number of fused-ring (bicyclic) bond motifs is 1. The van der Waals surface area contributed by atoms with Crippen molar-refractivity contribution < 1.29 is 57.1 Å². The fraction of sp³-hybridized carbons (Fsp3) is 0.520. The molecule has 338 valence electrons. The molecule has 2 heterocycles. The number of esters is 4. The molecule has 0 spiro atoms. The van der Waals surface area contributed by atoms with Crippen molar-refractivity contribution in [2.24, 2.45) is 0 Å². The Morgan fingerprint density at radius 3 is 1.13 bits per heavy atom. The molecule has 2 fully saturated rings. The van der Waals surface area contributed by atoms with E-state index in [-0.39, 0.29) is 25.2 Å². The van der Waals surface area contributed by atoms with Crippen molar-refractivity contribution in [1.29, 1.82) is 0 Å². The van der Waals surface area contributed by atoms with Gasteiger partial charge in [-0.3, -0.25) is 0 Å². The molecule has 4 unspecified atom stereocenters. The highest BCUT2D eigenvalue weighted by Crippen LogP contribution is 2.31. The first-order valence-electron chi connectivity index (χ1n) is 22.4. The topological polar surface area (TPSA) is 142 Å². The van der Waals surface area contributed by atoms with E-state index < -0.39 is 36.4 Å². The van der Waals surface area contributed by atoms with Crippen molar-refractivity contribution in [2.45, 2.75) is 127 Å². The van der Waals surface area contributed by atoms with Crippen LogP contribution in [0.4, 0.5) is 0 Å². The lowest BCUT2D eigenvalue weighted by atomic mass is 10.1. The summed E-state index contributed by atoms with van der Waals surface area (Å²) >= 11 is 0. The predicted octanol–water partition coefficient (Wildman–Crippen LogP) is 9.49. The minimum Gasteiger partial charge on any atom is -0.494 e. The molecule has 12 nitrogen and oxygen atoms in total. The van der Waals surface area contributed by atoms with Gasteiger partial charge in [-0.2, -0.15) is 0 Å². The van der Waals surface area contributed by atoms with Crippen LogP contribution in [0.2, 0.25) is 0 Å². The molecule has 4 rings (SSSR count). The van der Waals surface area contributed by atoms with Crippen molar-refractivity contribution in [3.63, 3.8) is 0 Å². The summed E-state index contributed by atoms with van der Waals surface area (Å²) in [6.07, 6.45) is 23.7. The maximum absolute atomic E-state index is 12.7. The average Bonchev–Trinajstić information content (AvgIpc) is 3.88. The second kappa shape index (κ2) is 29.9. The average molecular weight is 859 g/mol. The predicted molar refractivity (Wildman–Crippen MR) is 237 cm³/mol. The lowest BCUT2D eigenvalue weighted by Gasteiger charge is -2.16. The van der Waals surface area contributed by atoms with E-state index in [9.17, 15) is 19.2 Å². The summed E-state index contributed by atoms with van der Waals surface area (Å²) < 4.78 is 44.7. The van der Waals surface area contributed by atoms with Gasteiger partial charge in [0, 0.05) is 24.3 Å². The maximum Gasteiger partial charge on any atom is 0.331 e. The number of benzene rings is 2. The number of carbonyl (C=O) groups is 4. The van der Waals surface area contributed by atoms with Crippen LogP contribution in [-0.4, -0.2) is 87.9 Å². The maximum atomic E-state index is 12.7. The summed E-state index contributed by atoms with van der Waals surface area (Å²) in [7, 11) is 0. The van der Waals surface area contributed by atoms with Crippen LogP contribution in [-0.2, 0) is 47.6 Å². The SMILES string of the molecule is C=CC(=O)OCCCCCCCCCCOc1ccc(C=CC(=O)OC2COC3C(OC(=O)C=Cc4ccc(OCCCCCCCCCCOC(=O)C=C)cc4)COC23)cc1. The molecule has 12 heteroatoms. The number of ether oxygens (including phenoxy) is 8. The van der Waals surface area contributed by atoms with Crippen LogP contribution >= 0.6 is 0 Å². The van der Waals surface area contributed by atoms with Gasteiger partial charge < -0.3 is 37.9 Å². The van der Waals surface area contributed by atoms with Gasteiger partial charge in [-0.15, -0.1) is 0 Å². The van der Waals surface area contributed by atoms with Crippen LogP contribution in [0.15, 0.2) is 86.0 Å². The Hall–Kier alpha value is -5.20. The Balaban J connectivity index is 1.01. The molecule has 0 radical (unpaired) electrons. The molecule has 2 aromatic carbocycles. The second-order valence-electron chi connectivity index (χ2n) is 15.4. The van der Waals surface area contributed by atoms with Gasteiger partial charge >= 0.3 is 23.9 Å². The normalized spacial score (nSPS) is 18.0. The van der Waals surface area contributed by atoms with Crippen LogP contribution in [0, 0.1) is 0 Å². The fourth-order valence-electron chi connectivity index (χ4n) is 7.06. The monoisotopic (exact) mass is 858 g/mol. The highest BCUT2D eigenvalue weighted by Gasteiger charge is 2.51. The number of hydrogen-bond donors (Lipinski definition) is 0. The van der Waals surface area contributed by atoms with Crippen LogP contribution in [0.3, 0.4) is 0 Å². The van der Waals surface area contributed by atoms with E-state index in [1.807, 2.05) is 48.5 Å². The van der Waals surface area contributed by atoms with Crippen molar-refractivity contribution in [1.82, 2.24) is 0 Å². The van der Waals surface area contributed by atoms with Gasteiger partial charge in [0.15, 0.2) is 12.2 Å². The van der Waals surface area contributed by atoms with E-state index in [1.54, 1.807) is 12.2 Å². The quantitative estimate of drug-likeness (QED) is 0.0299. The summed E-state index contributed by atoms with van der Waals surface area (Å²) in [6, 6.07) is 15.1. The highest BCUT2D eigenvalue weighted by molar-refractivity contribution is 5.88. The van der Waals surface area contributed by atoms with Crippen molar-refractivity contribution >= 4 is 36.0 Å². The molecule has 4 atom stereocenters. The summed E-state index contributed by atoms with van der Waals surface area (Å²) in [4.78, 5) is 47.4. The Morgan fingerprint density at radius 1 is 0.468 bits per heavy atom. The van der Waals surface area contributed by atoms with Gasteiger partial charge in [0.1, 0.15) is 23.7 Å². The lowest BCUT2D eigenvalue weighted by Crippen LogP contribution is -2.35. The first-order chi connectivity index (χ1) is 30.3. The van der Waals surface area contributed by atoms with Crippen molar-refractivity contribution in [3.05, 3.63) is 97.1 Å². The van der Waals surface area contributed by atoms with Gasteiger partial charge in [0.2, 0.25) is 0 Å². The van der Waals surface area contributed by atoms with Crippen LogP contribution < -0.4 is 9.47 Å². The molecule has 2 aliphatic rings. The third-order valence-electron chi connectivity index (χ3n) is 10.5. The molecule has 0 bridgehead atoms. The smallest absolute Gasteiger partial charge is 0.331 e. The van der Waals surface area contributed by atoms with E-state index in [2.05, 4.69) is 13.2 Å². The third kappa shape index (κ3) is 20.1. The molecule has 2 aromatic rings. The van der Waals surface area contributed by atoms with E-state index in [4.69, 9.17) is 37.9 Å². The minimum absolute atomic E-state index is 0.148. The summed E-state index contributed by atoms with van der Waals surface area (Å²) in [6.45, 7) is 9.30. The molecule has 62 heavy (non-hydrogen) atoms. The largest absolute Gasteiger partial charge is 0.494 e. The molecule has 2 aliphatic heterocycles. The van der Waals surface area contributed by atoms with Gasteiger partial charge in [0.25, 0.3) is 0 Å². The Kier molecular flexibility index (Phi) is 23.9. The Bertz CT molecular complexity index is 1570. The molecule has 0 aromatic heterocycles. The molecule has 0 amide bonds. The fourth-order valence-corrected chi connectivity index (χ4v) is 7.06. The zero-order valence-electron chi connectivity index (χ0n) is 36.3. The van der Waals surface area contributed by atoms with Crippen molar-refractivity contribution in [3.8, 4) is 11.5 Å². The molecule has 2 saturated heterocycles. The second-order valence-corrected chi connectivity index (χ2v) is 15.4. The van der Waals surface area contributed by atoms with E-state index in [0.717, 1.165) is 86.8 Å². The van der Waals surface area contributed by atoms with Crippen molar-refractivity contribution in [2.75, 3.05) is 39.6 Å². The molecule has 0 saturated carbocycles. The molecular formula is C50H66O12. The zero-order valence-corrected chi connectivity index (χ0v) is 36.3. The van der Waals surface area contributed by atoms with Crippen LogP contribution in [0.1, 0.15) is 114 Å². The summed E-state index contributed by atoms with van der Waals surface area (Å²) in [5, 5.41) is 0. The number of rotatable bonds is 32. The zero-order chi connectivity index (χ0) is 44.0. The van der Waals surface area contributed by atoms with Gasteiger partial charge in [-0.05, 0) is 73.2 Å². The minimum atomic E-state index is -0.613. The summed E-state index contributed by atoms with van der Waals surface area (Å²) in [5.74, 6) is -0.190. The first-order valence-corrected chi connectivity index (χ1v) is 22.4. The van der Waals surface area contributed by atoms with Gasteiger partial charge in [-0.25, -0.2) is 19.2 Å². The molecule has 0 N–H and O–H groups in total. The van der Waals surface area contributed by atoms with Crippen LogP contribution in [0.25, 0.3) is 12.2 Å². The van der Waals surface area contributed by atoms with Gasteiger partial charge in [-0.1, -0.05) is 114 Å². The Morgan fingerprint density at radius 2 is 0.790 bits per heavy atom. The van der Waals surface area contributed by atoms with Gasteiger partial charge in [0.05, 0.1) is 39.6 Å². The van der Waals surface area contributed by atoms with E-state index in [0.29, 0.717) is 26.4 Å². The Labute approximate surface area is 367 Å².